The SMILES string of the molecule is C[n+]1cc(CC(C)(C)C)cc2ccccc21. The number of pyridine rings is 1. The molecule has 0 saturated carbocycles. The monoisotopic (exact) mass is 214 g/mol. The predicted molar refractivity (Wildman–Crippen MR) is 68.3 cm³/mol. The van der Waals surface area contributed by atoms with Crippen LogP contribution in [0.15, 0.2) is 36.5 Å². The second kappa shape index (κ2) is 3.89. The van der Waals surface area contributed by atoms with E-state index >= 15 is 0 Å². The zero-order chi connectivity index (χ0) is 11.8. The van der Waals surface area contributed by atoms with Crippen LogP contribution in [0.3, 0.4) is 0 Å². The van der Waals surface area contributed by atoms with Crippen LogP contribution in [0, 0.1) is 5.41 Å². The molecule has 0 fully saturated rings. The maximum atomic E-state index is 2.31. The van der Waals surface area contributed by atoms with Gasteiger partial charge in [0.25, 0.3) is 0 Å². The first-order chi connectivity index (χ1) is 7.46. The van der Waals surface area contributed by atoms with Crippen molar-refractivity contribution in [3.63, 3.8) is 0 Å². The highest BCUT2D eigenvalue weighted by Gasteiger charge is 2.14. The van der Waals surface area contributed by atoms with Gasteiger partial charge in [0.15, 0.2) is 6.20 Å². The summed E-state index contributed by atoms with van der Waals surface area (Å²) < 4.78 is 2.22. The molecule has 0 amide bonds. The predicted octanol–water partition coefficient (Wildman–Crippen LogP) is 3.25. The van der Waals surface area contributed by atoms with Crippen LogP contribution in [0.1, 0.15) is 26.3 Å². The highest BCUT2D eigenvalue weighted by molar-refractivity contribution is 5.75. The number of aromatic nitrogens is 1. The fourth-order valence-corrected chi connectivity index (χ4v) is 2.20. The molecule has 0 radical (unpaired) electrons. The van der Waals surface area contributed by atoms with E-state index in [1.165, 1.54) is 16.5 Å². The highest BCUT2D eigenvalue weighted by atomic mass is 14.9. The van der Waals surface area contributed by atoms with E-state index in [2.05, 4.69) is 68.9 Å². The summed E-state index contributed by atoms with van der Waals surface area (Å²) in [6.45, 7) is 6.84. The van der Waals surface area contributed by atoms with Crippen molar-refractivity contribution in [3.8, 4) is 0 Å². The largest absolute Gasteiger partial charge is 0.212 e. The second-order valence-electron chi connectivity index (χ2n) is 5.76. The summed E-state index contributed by atoms with van der Waals surface area (Å²) in [7, 11) is 2.12. The summed E-state index contributed by atoms with van der Waals surface area (Å²) in [5, 5.41) is 1.33. The van der Waals surface area contributed by atoms with Crippen LogP contribution in [0.25, 0.3) is 10.9 Å². The number of rotatable bonds is 1. The van der Waals surface area contributed by atoms with Gasteiger partial charge in [0.05, 0.1) is 0 Å². The van der Waals surface area contributed by atoms with E-state index in [1.54, 1.807) is 0 Å². The summed E-state index contributed by atoms with van der Waals surface area (Å²) in [4.78, 5) is 0. The molecule has 0 unspecified atom stereocenters. The van der Waals surface area contributed by atoms with Crippen molar-refractivity contribution in [2.45, 2.75) is 27.2 Å². The molecule has 1 heterocycles. The van der Waals surface area contributed by atoms with E-state index < -0.39 is 0 Å². The number of hydrogen-bond acceptors (Lipinski definition) is 0. The van der Waals surface area contributed by atoms with Crippen molar-refractivity contribution in [1.29, 1.82) is 0 Å². The van der Waals surface area contributed by atoms with Crippen LogP contribution in [0.4, 0.5) is 0 Å². The smallest absolute Gasteiger partial charge is 0.201 e. The number of fused-ring (bicyclic) bond motifs is 1. The molecular formula is C15H20N+. The van der Waals surface area contributed by atoms with E-state index in [0.717, 1.165) is 6.42 Å². The lowest BCUT2D eigenvalue weighted by Gasteiger charge is -2.17. The molecular weight excluding hydrogens is 194 g/mol. The summed E-state index contributed by atoms with van der Waals surface area (Å²) in [5.74, 6) is 0. The second-order valence-corrected chi connectivity index (χ2v) is 5.76. The third kappa shape index (κ3) is 2.41. The Bertz CT molecular complexity index is 506. The molecule has 0 aliphatic carbocycles. The minimum atomic E-state index is 0.343. The van der Waals surface area contributed by atoms with E-state index in [0.29, 0.717) is 5.41 Å². The molecule has 0 saturated heterocycles. The average Bonchev–Trinajstić information content (AvgIpc) is 2.15. The lowest BCUT2D eigenvalue weighted by atomic mass is 9.88. The molecule has 1 aromatic carbocycles. The third-order valence-corrected chi connectivity index (χ3v) is 2.75. The van der Waals surface area contributed by atoms with Crippen molar-refractivity contribution < 1.29 is 4.57 Å². The van der Waals surface area contributed by atoms with Crippen molar-refractivity contribution in [1.82, 2.24) is 0 Å². The van der Waals surface area contributed by atoms with E-state index in [9.17, 15) is 0 Å². The Hall–Kier alpha value is -1.37. The molecule has 84 valence electrons. The van der Waals surface area contributed by atoms with E-state index in [-0.39, 0.29) is 0 Å². The zero-order valence-corrected chi connectivity index (χ0v) is 10.6. The zero-order valence-electron chi connectivity index (χ0n) is 10.6. The lowest BCUT2D eigenvalue weighted by molar-refractivity contribution is -0.645. The molecule has 1 nitrogen and oxygen atoms in total. The molecule has 2 aromatic rings. The molecule has 0 atom stereocenters. The first kappa shape index (κ1) is 11.1. The van der Waals surface area contributed by atoms with Crippen LogP contribution in [-0.4, -0.2) is 0 Å². The maximum absolute atomic E-state index is 2.31. The summed E-state index contributed by atoms with van der Waals surface area (Å²) in [6, 6.07) is 10.8. The molecule has 0 aliphatic rings. The van der Waals surface area contributed by atoms with Gasteiger partial charge in [0, 0.05) is 17.0 Å². The summed E-state index contributed by atoms with van der Waals surface area (Å²) >= 11 is 0. The standard InChI is InChI=1S/C15H20N/c1-15(2,3)10-12-9-13-7-5-6-8-14(13)16(4)11-12/h5-9,11H,10H2,1-4H3/q+1. The van der Waals surface area contributed by atoms with Crippen LogP contribution >= 0.6 is 0 Å². The van der Waals surface area contributed by atoms with E-state index in [4.69, 9.17) is 0 Å². The van der Waals surface area contributed by atoms with Gasteiger partial charge in [0.1, 0.15) is 7.05 Å². The maximum Gasteiger partial charge on any atom is 0.212 e. The first-order valence-corrected chi connectivity index (χ1v) is 5.83. The molecule has 0 bridgehead atoms. The number of nitrogens with zero attached hydrogens (tertiary/aromatic N) is 1. The number of hydrogen-bond donors (Lipinski definition) is 0. The van der Waals surface area contributed by atoms with E-state index in [1.807, 2.05) is 0 Å². The Morgan fingerprint density at radius 1 is 1.12 bits per heavy atom. The summed E-state index contributed by atoms with van der Waals surface area (Å²) in [5.41, 5.74) is 3.05. The number of aryl methyl sites for hydroxylation is 1. The van der Waals surface area contributed by atoms with Gasteiger partial charge in [-0.25, -0.2) is 4.57 Å². The van der Waals surface area contributed by atoms with Gasteiger partial charge in [0.2, 0.25) is 5.52 Å². The average molecular weight is 214 g/mol. The Balaban J connectivity index is 2.50. The molecule has 1 heteroatoms. The van der Waals surface area contributed by atoms with Crippen molar-refractivity contribution in [2.75, 3.05) is 0 Å². The third-order valence-electron chi connectivity index (χ3n) is 2.75. The van der Waals surface area contributed by atoms with Gasteiger partial charge in [-0.3, -0.25) is 0 Å². The Labute approximate surface area is 97.7 Å². The van der Waals surface area contributed by atoms with Crippen molar-refractivity contribution in [2.24, 2.45) is 12.5 Å². The normalized spacial score (nSPS) is 12.0. The fourth-order valence-electron chi connectivity index (χ4n) is 2.20. The molecule has 16 heavy (non-hydrogen) atoms. The molecule has 0 aliphatic heterocycles. The molecule has 1 aromatic heterocycles. The highest BCUT2D eigenvalue weighted by Crippen LogP contribution is 2.21. The number of para-hydroxylation sites is 1. The Morgan fingerprint density at radius 3 is 2.50 bits per heavy atom. The first-order valence-electron chi connectivity index (χ1n) is 5.83. The molecule has 2 rings (SSSR count). The van der Waals surface area contributed by atoms with Crippen LogP contribution in [-0.2, 0) is 13.5 Å². The molecule has 0 spiro atoms. The summed E-state index contributed by atoms with van der Waals surface area (Å²) in [6.07, 6.45) is 3.36. The molecule has 0 N–H and O–H groups in total. The van der Waals surface area contributed by atoms with Crippen molar-refractivity contribution in [3.05, 3.63) is 42.1 Å². The fraction of sp³-hybridized carbons (Fsp3) is 0.400. The minimum absolute atomic E-state index is 0.343. The van der Waals surface area contributed by atoms with Crippen LogP contribution < -0.4 is 4.57 Å². The van der Waals surface area contributed by atoms with Gasteiger partial charge in [-0.2, -0.15) is 0 Å². The van der Waals surface area contributed by atoms with Gasteiger partial charge >= 0.3 is 0 Å². The van der Waals surface area contributed by atoms with Crippen LogP contribution in [0.5, 0.6) is 0 Å². The topological polar surface area (TPSA) is 3.88 Å². The number of benzene rings is 1. The van der Waals surface area contributed by atoms with Gasteiger partial charge in [-0.1, -0.05) is 32.9 Å². The lowest BCUT2D eigenvalue weighted by Crippen LogP contribution is -2.29. The van der Waals surface area contributed by atoms with Gasteiger partial charge in [-0.05, 0) is 24.0 Å². The van der Waals surface area contributed by atoms with Crippen molar-refractivity contribution >= 4 is 10.9 Å². The van der Waals surface area contributed by atoms with Crippen LogP contribution in [0.2, 0.25) is 0 Å². The minimum Gasteiger partial charge on any atom is -0.201 e. The Kier molecular flexibility index (Phi) is 2.71. The van der Waals surface area contributed by atoms with Gasteiger partial charge < -0.3 is 0 Å². The van der Waals surface area contributed by atoms with Gasteiger partial charge in [-0.15, -0.1) is 0 Å². The quantitative estimate of drug-likeness (QED) is 0.642. The Morgan fingerprint density at radius 2 is 1.81 bits per heavy atom.